The second kappa shape index (κ2) is 6.14. The van der Waals surface area contributed by atoms with Crippen molar-refractivity contribution in [2.75, 3.05) is 5.32 Å². The molecule has 1 aliphatic heterocycles. The highest BCUT2D eigenvalue weighted by molar-refractivity contribution is 5.75. The first-order valence-electron chi connectivity index (χ1n) is 7.07. The van der Waals surface area contributed by atoms with Crippen LogP contribution in [0, 0.1) is 17.8 Å². The number of carboxylic acids is 1. The first-order valence-corrected chi connectivity index (χ1v) is 7.07. The molecule has 0 amide bonds. The molecule has 0 aromatic heterocycles. The molecule has 2 aliphatic rings. The molecular formula is C15H18N4O2. The Morgan fingerprint density at radius 1 is 1.38 bits per heavy atom. The van der Waals surface area contributed by atoms with Gasteiger partial charge in [-0.05, 0) is 37.0 Å². The highest BCUT2D eigenvalue weighted by Crippen LogP contribution is 2.31. The van der Waals surface area contributed by atoms with Crippen LogP contribution in [-0.2, 0) is 4.79 Å². The van der Waals surface area contributed by atoms with Gasteiger partial charge in [0, 0.05) is 17.7 Å². The molecule has 1 heterocycles. The van der Waals surface area contributed by atoms with Crippen LogP contribution in [0.15, 0.2) is 24.3 Å². The fraction of sp³-hybridized carbons (Fsp3) is 0.400. The second-order valence-electron chi connectivity index (χ2n) is 5.38. The van der Waals surface area contributed by atoms with Gasteiger partial charge in [0.15, 0.2) is 6.04 Å². The lowest BCUT2D eigenvalue weighted by atomic mass is 10.1. The molecule has 5 N–H and O–H groups in total. The lowest BCUT2D eigenvalue weighted by molar-refractivity contribution is -0.139. The number of carbonyl (C=O) groups is 1. The third-order valence-corrected chi connectivity index (χ3v) is 3.56. The summed E-state index contributed by atoms with van der Waals surface area (Å²) in [7, 11) is 0. The van der Waals surface area contributed by atoms with Gasteiger partial charge in [-0.1, -0.05) is 17.9 Å². The van der Waals surface area contributed by atoms with Crippen LogP contribution in [0.3, 0.4) is 0 Å². The molecule has 0 radical (unpaired) electrons. The summed E-state index contributed by atoms with van der Waals surface area (Å²) in [6.07, 6.45) is 3.15. The van der Waals surface area contributed by atoms with Crippen LogP contribution < -0.4 is 21.7 Å². The SMILES string of the molecule is O=C(O)C1NNNC1Nc1cccc(C#CCC2CC2)c1. The number of hydrogen-bond donors (Lipinski definition) is 5. The summed E-state index contributed by atoms with van der Waals surface area (Å²) >= 11 is 0. The molecule has 1 aromatic carbocycles. The van der Waals surface area contributed by atoms with E-state index in [1.807, 2.05) is 24.3 Å². The maximum absolute atomic E-state index is 11.1. The van der Waals surface area contributed by atoms with Crippen molar-refractivity contribution >= 4 is 11.7 Å². The van der Waals surface area contributed by atoms with Gasteiger partial charge in [0.2, 0.25) is 0 Å². The number of aliphatic carboxylic acids is 1. The van der Waals surface area contributed by atoms with E-state index in [0.29, 0.717) is 0 Å². The molecule has 1 saturated carbocycles. The molecule has 1 aliphatic carbocycles. The van der Waals surface area contributed by atoms with Crippen molar-refractivity contribution in [1.82, 2.24) is 16.4 Å². The average molecular weight is 286 g/mol. The number of rotatable bonds is 4. The molecule has 1 aromatic rings. The third-order valence-electron chi connectivity index (χ3n) is 3.56. The van der Waals surface area contributed by atoms with Crippen LogP contribution in [0.25, 0.3) is 0 Å². The van der Waals surface area contributed by atoms with Crippen molar-refractivity contribution in [3.05, 3.63) is 29.8 Å². The Morgan fingerprint density at radius 2 is 2.24 bits per heavy atom. The van der Waals surface area contributed by atoms with E-state index >= 15 is 0 Å². The van der Waals surface area contributed by atoms with Crippen LogP contribution in [0.4, 0.5) is 5.69 Å². The number of benzene rings is 1. The molecule has 0 spiro atoms. The summed E-state index contributed by atoms with van der Waals surface area (Å²) in [5.41, 5.74) is 9.87. The minimum atomic E-state index is -0.926. The van der Waals surface area contributed by atoms with Crippen molar-refractivity contribution in [2.24, 2.45) is 5.92 Å². The molecule has 2 unspecified atom stereocenters. The van der Waals surface area contributed by atoms with Crippen LogP contribution >= 0.6 is 0 Å². The van der Waals surface area contributed by atoms with E-state index in [9.17, 15) is 4.79 Å². The van der Waals surface area contributed by atoms with Gasteiger partial charge >= 0.3 is 5.97 Å². The van der Waals surface area contributed by atoms with Gasteiger partial charge < -0.3 is 10.4 Å². The quantitative estimate of drug-likeness (QED) is 0.522. The number of hydrazine groups is 2. The fourth-order valence-electron chi connectivity index (χ4n) is 2.17. The Morgan fingerprint density at radius 3 is 3.00 bits per heavy atom. The van der Waals surface area contributed by atoms with Crippen molar-refractivity contribution < 1.29 is 9.90 Å². The summed E-state index contributed by atoms with van der Waals surface area (Å²) in [6.45, 7) is 0. The van der Waals surface area contributed by atoms with Gasteiger partial charge in [0.1, 0.15) is 6.17 Å². The van der Waals surface area contributed by atoms with Crippen molar-refractivity contribution in [3.63, 3.8) is 0 Å². The monoisotopic (exact) mass is 286 g/mol. The fourth-order valence-corrected chi connectivity index (χ4v) is 2.17. The van der Waals surface area contributed by atoms with Gasteiger partial charge in [0.05, 0.1) is 0 Å². The van der Waals surface area contributed by atoms with E-state index in [1.54, 1.807) is 0 Å². The summed E-state index contributed by atoms with van der Waals surface area (Å²) in [5, 5.41) is 12.2. The zero-order valence-electron chi connectivity index (χ0n) is 11.5. The van der Waals surface area contributed by atoms with Gasteiger partial charge in [-0.15, -0.1) is 0 Å². The Hall–Kier alpha value is -2.07. The molecule has 6 heteroatoms. The van der Waals surface area contributed by atoms with E-state index in [1.165, 1.54) is 12.8 Å². The van der Waals surface area contributed by atoms with E-state index in [-0.39, 0.29) is 0 Å². The zero-order valence-corrected chi connectivity index (χ0v) is 11.5. The third kappa shape index (κ3) is 3.73. The van der Waals surface area contributed by atoms with E-state index < -0.39 is 18.2 Å². The molecule has 2 atom stereocenters. The molecule has 1 saturated heterocycles. The Kier molecular flexibility index (Phi) is 4.06. The summed E-state index contributed by atoms with van der Waals surface area (Å²) < 4.78 is 0. The summed E-state index contributed by atoms with van der Waals surface area (Å²) in [4.78, 5) is 11.1. The molecule has 6 nitrogen and oxygen atoms in total. The molecule has 0 bridgehead atoms. The largest absolute Gasteiger partial charge is 0.480 e. The van der Waals surface area contributed by atoms with Crippen LogP contribution in [-0.4, -0.2) is 23.3 Å². The first-order chi connectivity index (χ1) is 10.2. The molecule has 3 rings (SSSR count). The average Bonchev–Trinajstić information content (AvgIpc) is 3.16. The number of hydrogen-bond acceptors (Lipinski definition) is 5. The summed E-state index contributed by atoms with van der Waals surface area (Å²) in [5.74, 6) is 6.23. The zero-order chi connectivity index (χ0) is 14.7. The van der Waals surface area contributed by atoms with Crippen LogP contribution in [0.2, 0.25) is 0 Å². The number of nitrogens with one attached hydrogen (secondary N) is 4. The molecular weight excluding hydrogens is 268 g/mol. The smallest absolute Gasteiger partial charge is 0.325 e. The minimum absolute atomic E-state index is 0.433. The lowest BCUT2D eigenvalue weighted by Gasteiger charge is -2.17. The summed E-state index contributed by atoms with van der Waals surface area (Å²) in [6, 6.07) is 6.95. The van der Waals surface area contributed by atoms with Crippen LogP contribution in [0.1, 0.15) is 24.8 Å². The van der Waals surface area contributed by atoms with E-state index in [4.69, 9.17) is 5.11 Å². The molecule has 2 fully saturated rings. The lowest BCUT2D eigenvalue weighted by Crippen LogP contribution is -2.45. The van der Waals surface area contributed by atoms with Gasteiger partial charge in [0.25, 0.3) is 0 Å². The Labute approximate surface area is 123 Å². The predicted octanol–water partition coefficient (Wildman–Crippen LogP) is 0.642. The van der Waals surface area contributed by atoms with Crippen molar-refractivity contribution in [1.29, 1.82) is 0 Å². The van der Waals surface area contributed by atoms with Gasteiger partial charge in [-0.2, -0.15) is 5.53 Å². The Balaban J connectivity index is 1.64. The second-order valence-corrected chi connectivity index (χ2v) is 5.38. The highest BCUT2D eigenvalue weighted by Gasteiger charge is 2.32. The molecule has 110 valence electrons. The van der Waals surface area contributed by atoms with E-state index in [0.717, 1.165) is 23.6 Å². The Bertz CT molecular complexity index is 589. The normalized spacial score (nSPS) is 24.2. The number of carboxylic acid groups (broad SMARTS) is 1. The predicted molar refractivity (Wildman–Crippen MR) is 78.9 cm³/mol. The van der Waals surface area contributed by atoms with Gasteiger partial charge in [-0.25, -0.2) is 10.9 Å². The van der Waals surface area contributed by atoms with Crippen molar-refractivity contribution in [3.8, 4) is 11.8 Å². The van der Waals surface area contributed by atoms with Crippen LogP contribution in [0.5, 0.6) is 0 Å². The first kappa shape index (κ1) is 13.9. The number of anilines is 1. The van der Waals surface area contributed by atoms with Gasteiger partial charge in [-0.3, -0.25) is 4.79 Å². The van der Waals surface area contributed by atoms with E-state index in [2.05, 4.69) is 33.5 Å². The molecule has 21 heavy (non-hydrogen) atoms. The standard InChI is InChI=1S/C15H18N4O2/c20-15(21)13-14(18-19-17-13)16-12-6-2-5-11(9-12)4-1-3-10-7-8-10/h2,5-6,9-10,13-14,16-19H,3,7-8H2,(H,20,21). The van der Waals surface area contributed by atoms with Crippen molar-refractivity contribution in [2.45, 2.75) is 31.5 Å². The highest BCUT2D eigenvalue weighted by atomic mass is 16.4. The topological polar surface area (TPSA) is 85.4 Å². The maximum Gasteiger partial charge on any atom is 0.325 e. The maximum atomic E-state index is 11.1. The minimum Gasteiger partial charge on any atom is -0.480 e.